The van der Waals surface area contributed by atoms with Crippen LogP contribution < -0.4 is 5.73 Å². The standard InChI is InChI=1S/C13H21NO2.ClH/c1-8-5-10(6-9(2)11(8)16)12(14)13(3,4)7-15;/h5-6,12,15-16H,7,14H2,1-4H3;1H/t12-;/m0./s1. The zero-order valence-corrected chi connectivity index (χ0v) is 11.6. The van der Waals surface area contributed by atoms with E-state index >= 15 is 0 Å². The van der Waals surface area contributed by atoms with Crippen molar-refractivity contribution in [3.8, 4) is 5.75 Å². The number of aryl methyl sites for hydroxylation is 2. The van der Waals surface area contributed by atoms with E-state index in [1.165, 1.54) is 0 Å². The Kier molecular flexibility index (Phi) is 5.46. The van der Waals surface area contributed by atoms with Crippen LogP contribution in [0.5, 0.6) is 5.75 Å². The van der Waals surface area contributed by atoms with Crippen molar-refractivity contribution >= 4 is 12.4 Å². The molecule has 0 bridgehead atoms. The van der Waals surface area contributed by atoms with Gasteiger partial charge in [0.2, 0.25) is 0 Å². The highest BCUT2D eigenvalue weighted by Crippen LogP contribution is 2.33. The van der Waals surface area contributed by atoms with Crippen LogP contribution in [0.1, 0.15) is 36.6 Å². The van der Waals surface area contributed by atoms with Crippen LogP contribution in [0.15, 0.2) is 12.1 Å². The molecule has 0 saturated carbocycles. The third kappa shape index (κ3) is 3.35. The van der Waals surface area contributed by atoms with E-state index in [0.717, 1.165) is 16.7 Å². The highest BCUT2D eigenvalue weighted by Gasteiger charge is 2.27. The van der Waals surface area contributed by atoms with Crippen LogP contribution in [-0.4, -0.2) is 16.8 Å². The van der Waals surface area contributed by atoms with Crippen LogP contribution in [0.3, 0.4) is 0 Å². The van der Waals surface area contributed by atoms with Crippen LogP contribution in [0, 0.1) is 19.3 Å². The topological polar surface area (TPSA) is 66.5 Å². The molecular weight excluding hydrogens is 238 g/mol. The van der Waals surface area contributed by atoms with E-state index in [2.05, 4.69) is 0 Å². The Morgan fingerprint density at radius 3 is 2.00 bits per heavy atom. The van der Waals surface area contributed by atoms with Gasteiger partial charge >= 0.3 is 0 Å². The zero-order valence-electron chi connectivity index (χ0n) is 10.8. The SMILES string of the molecule is Cc1cc([C@H](N)C(C)(C)CO)cc(C)c1O.Cl. The largest absolute Gasteiger partial charge is 0.507 e. The summed E-state index contributed by atoms with van der Waals surface area (Å²) in [6.45, 7) is 7.59. The Balaban J connectivity index is 0.00000256. The summed E-state index contributed by atoms with van der Waals surface area (Å²) in [5.74, 6) is 0.317. The Hall–Kier alpha value is -0.770. The van der Waals surface area contributed by atoms with Crippen molar-refractivity contribution in [3.05, 3.63) is 28.8 Å². The third-order valence-corrected chi connectivity index (χ3v) is 3.12. The van der Waals surface area contributed by atoms with Crippen LogP contribution in [0.2, 0.25) is 0 Å². The predicted octanol–water partition coefficient (Wildman–Crippen LogP) is 2.45. The van der Waals surface area contributed by atoms with Gasteiger partial charge in [-0.15, -0.1) is 12.4 Å². The van der Waals surface area contributed by atoms with Crippen LogP contribution in [0.4, 0.5) is 0 Å². The van der Waals surface area contributed by atoms with Crippen molar-refractivity contribution in [2.45, 2.75) is 33.7 Å². The van der Waals surface area contributed by atoms with E-state index in [4.69, 9.17) is 5.73 Å². The van der Waals surface area contributed by atoms with Crippen molar-refractivity contribution in [1.29, 1.82) is 0 Å². The molecule has 0 amide bonds. The first-order valence-electron chi connectivity index (χ1n) is 5.46. The molecule has 0 radical (unpaired) electrons. The van der Waals surface area contributed by atoms with Gasteiger partial charge in [0.15, 0.2) is 0 Å². The molecule has 0 unspecified atom stereocenters. The van der Waals surface area contributed by atoms with Gasteiger partial charge < -0.3 is 15.9 Å². The van der Waals surface area contributed by atoms with Gasteiger partial charge in [0.05, 0.1) is 0 Å². The minimum atomic E-state index is -0.365. The summed E-state index contributed by atoms with van der Waals surface area (Å²) in [7, 11) is 0. The average Bonchev–Trinajstić information content (AvgIpc) is 2.24. The maximum absolute atomic E-state index is 9.68. The molecule has 0 heterocycles. The van der Waals surface area contributed by atoms with Crippen molar-refractivity contribution in [2.75, 3.05) is 6.61 Å². The fraction of sp³-hybridized carbons (Fsp3) is 0.538. The lowest BCUT2D eigenvalue weighted by molar-refractivity contribution is 0.132. The van der Waals surface area contributed by atoms with Gasteiger partial charge in [0.1, 0.15) is 5.75 Å². The van der Waals surface area contributed by atoms with E-state index in [1.54, 1.807) is 0 Å². The third-order valence-electron chi connectivity index (χ3n) is 3.12. The minimum absolute atomic E-state index is 0. The lowest BCUT2D eigenvalue weighted by Gasteiger charge is -2.30. The van der Waals surface area contributed by atoms with Gasteiger partial charge in [0, 0.05) is 18.1 Å². The molecule has 0 fully saturated rings. The Morgan fingerprint density at radius 2 is 1.65 bits per heavy atom. The highest BCUT2D eigenvalue weighted by molar-refractivity contribution is 5.85. The quantitative estimate of drug-likeness (QED) is 0.781. The fourth-order valence-corrected chi connectivity index (χ4v) is 1.72. The Labute approximate surface area is 109 Å². The summed E-state index contributed by atoms with van der Waals surface area (Å²) in [5.41, 5.74) is 8.35. The number of aliphatic hydroxyl groups is 1. The second-order valence-electron chi connectivity index (χ2n) is 5.13. The van der Waals surface area contributed by atoms with Crippen LogP contribution in [0.25, 0.3) is 0 Å². The lowest BCUT2D eigenvalue weighted by Crippen LogP contribution is -2.32. The monoisotopic (exact) mass is 259 g/mol. The van der Waals surface area contributed by atoms with Gasteiger partial charge in [-0.2, -0.15) is 0 Å². The molecule has 0 aliphatic carbocycles. The van der Waals surface area contributed by atoms with E-state index in [0.29, 0.717) is 5.75 Å². The van der Waals surface area contributed by atoms with Gasteiger partial charge in [-0.3, -0.25) is 0 Å². The average molecular weight is 260 g/mol. The number of hydrogen-bond donors (Lipinski definition) is 3. The summed E-state index contributed by atoms with van der Waals surface area (Å²) < 4.78 is 0. The molecule has 0 spiro atoms. The number of nitrogens with two attached hydrogens (primary N) is 1. The predicted molar refractivity (Wildman–Crippen MR) is 72.6 cm³/mol. The first kappa shape index (κ1) is 16.2. The van der Waals surface area contributed by atoms with E-state index < -0.39 is 0 Å². The van der Waals surface area contributed by atoms with E-state index in [-0.39, 0.29) is 30.5 Å². The molecule has 0 aliphatic heterocycles. The van der Waals surface area contributed by atoms with Gasteiger partial charge in [-0.25, -0.2) is 0 Å². The van der Waals surface area contributed by atoms with Crippen molar-refractivity contribution in [2.24, 2.45) is 11.1 Å². The zero-order chi connectivity index (χ0) is 12.5. The maximum Gasteiger partial charge on any atom is 0.121 e. The molecular formula is C13H22ClNO2. The van der Waals surface area contributed by atoms with Crippen molar-refractivity contribution in [3.63, 3.8) is 0 Å². The molecule has 98 valence electrons. The summed E-state index contributed by atoms with van der Waals surface area (Å²) in [6.07, 6.45) is 0. The number of hydrogen-bond acceptors (Lipinski definition) is 3. The molecule has 3 nitrogen and oxygen atoms in total. The van der Waals surface area contributed by atoms with Crippen LogP contribution >= 0.6 is 12.4 Å². The smallest absolute Gasteiger partial charge is 0.121 e. The second kappa shape index (κ2) is 5.71. The number of aliphatic hydroxyl groups excluding tert-OH is 1. The highest BCUT2D eigenvalue weighted by atomic mass is 35.5. The van der Waals surface area contributed by atoms with Gasteiger partial charge in [-0.1, -0.05) is 26.0 Å². The number of aromatic hydroxyl groups is 1. The molecule has 1 atom stereocenters. The van der Waals surface area contributed by atoms with Gasteiger partial charge in [-0.05, 0) is 30.5 Å². The summed E-state index contributed by atoms with van der Waals surface area (Å²) in [4.78, 5) is 0. The van der Waals surface area contributed by atoms with Crippen LogP contribution in [-0.2, 0) is 0 Å². The molecule has 1 rings (SSSR count). The Morgan fingerprint density at radius 1 is 1.24 bits per heavy atom. The summed E-state index contributed by atoms with van der Waals surface area (Å²) in [5, 5.41) is 19.0. The lowest BCUT2D eigenvalue weighted by atomic mass is 9.81. The normalized spacial score (nSPS) is 13.1. The number of benzene rings is 1. The van der Waals surface area contributed by atoms with E-state index in [1.807, 2.05) is 39.8 Å². The van der Waals surface area contributed by atoms with Crippen molar-refractivity contribution < 1.29 is 10.2 Å². The first-order chi connectivity index (χ1) is 7.29. The van der Waals surface area contributed by atoms with Crippen molar-refractivity contribution in [1.82, 2.24) is 0 Å². The molecule has 1 aromatic rings. The molecule has 0 aromatic heterocycles. The van der Waals surface area contributed by atoms with Gasteiger partial charge in [0.25, 0.3) is 0 Å². The molecule has 4 heteroatoms. The minimum Gasteiger partial charge on any atom is -0.507 e. The number of phenolic OH excluding ortho intramolecular Hbond substituents is 1. The molecule has 0 saturated heterocycles. The first-order valence-corrected chi connectivity index (χ1v) is 5.46. The maximum atomic E-state index is 9.68. The number of halogens is 1. The molecule has 4 N–H and O–H groups in total. The fourth-order valence-electron chi connectivity index (χ4n) is 1.72. The van der Waals surface area contributed by atoms with E-state index in [9.17, 15) is 10.2 Å². The number of rotatable bonds is 3. The number of phenols is 1. The Bertz CT molecular complexity index is 368. The molecule has 0 aliphatic rings. The second-order valence-corrected chi connectivity index (χ2v) is 5.13. The summed E-state index contributed by atoms with van der Waals surface area (Å²) in [6, 6.07) is 3.52. The molecule has 1 aromatic carbocycles. The molecule has 17 heavy (non-hydrogen) atoms. The summed E-state index contributed by atoms with van der Waals surface area (Å²) >= 11 is 0.